The first-order valence-corrected chi connectivity index (χ1v) is 9.91. The summed E-state index contributed by atoms with van der Waals surface area (Å²) in [5.74, 6) is 1.38. The third-order valence-corrected chi connectivity index (χ3v) is 4.92. The molecule has 0 saturated carbocycles. The number of anilines is 2. The quantitative estimate of drug-likeness (QED) is 0.449. The van der Waals surface area contributed by atoms with Crippen molar-refractivity contribution in [2.24, 2.45) is 0 Å². The Balaban J connectivity index is 1.43. The molecule has 5 rings (SSSR count). The lowest BCUT2D eigenvalue weighted by Crippen LogP contribution is -2.07. The molecule has 0 aliphatic rings. The van der Waals surface area contributed by atoms with Gasteiger partial charge in [-0.25, -0.2) is 9.97 Å². The van der Waals surface area contributed by atoms with E-state index in [0.29, 0.717) is 11.5 Å². The standard InChI is InChI=1S/C24H18BN5O/c25-20-12-6-7-13-21(20)31-24-26-14-17(15-27-24)28-23-19-11-5-4-10-18(19)22(29-30-23)16-8-2-1-3-9-16/h1-15H,25H2,(H,28,30). The Bertz CT molecular complexity index is 1340. The molecular formula is C24H18BN5O. The molecule has 0 unspecified atom stereocenters. The first-order valence-electron chi connectivity index (χ1n) is 9.91. The minimum absolute atomic E-state index is 0.287. The van der Waals surface area contributed by atoms with Gasteiger partial charge in [0.25, 0.3) is 0 Å². The minimum Gasteiger partial charge on any atom is -0.425 e. The Morgan fingerprint density at radius 2 is 1.39 bits per heavy atom. The second-order valence-electron chi connectivity index (χ2n) is 7.06. The molecule has 0 aliphatic carbocycles. The van der Waals surface area contributed by atoms with Crippen LogP contribution in [-0.4, -0.2) is 28.0 Å². The summed E-state index contributed by atoms with van der Waals surface area (Å²) in [6.45, 7) is 0. The van der Waals surface area contributed by atoms with Gasteiger partial charge in [-0.2, -0.15) is 0 Å². The number of aromatic nitrogens is 4. The summed E-state index contributed by atoms with van der Waals surface area (Å²) < 4.78 is 5.77. The molecule has 2 aromatic heterocycles. The van der Waals surface area contributed by atoms with E-state index < -0.39 is 0 Å². The van der Waals surface area contributed by atoms with Gasteiger partial charge < -0.3 is 10.1 Å². The highest BCUT2D eigenvalue weighted by Gasteiger charge is 2.11. The zero-order valence-electron chi connectivity index (χ0n) is 16.9. The Morgan fingerprint density at radius 1 is 0.710 bits per heavy atom. The number of nitrogens with one attached hydrogen (secondary N) is 1. The van der Waals surface area contributed by atoms with Crippen molar-refractivity contribution < 1.29 is 4.74 Å². The van der Waals surface area contributed by atoms with Crippen molar-refractivity contribution in [1.29, 1.82) is 0 Å². The van der Waals surface area contributed by atoms with Crippen LogP contribution in [0.15, 0.2) is 91.3 Å². The Morgan fingerprint density at radius 3 is 2.16 bits per heavy atom. The van der Waals surface area contributed by atoms with Crippen LogP contribution in [0.25, 0.3) is 22.0 Å². The maximum absolute atomic E-state index is 5.77. The lowest BCUT2D eigenvalue weighted by Gasteiger charge is -2.11. The largest absolute Gasteiger partial charge is 0.425 e. The van der Waals surface area contributed by atoms with Gasteiger partial charge in [0.15, 0.2) is 5.82 Å². The van der Waals surface area contributed by atoms with Gasteiger partial charge in [-0.3, -0.25) is 0 Å². The number of para-hydroxylation sites is 1. The van der Waals surface area contributed by atoms with Gasteiger partial charge in [-0.05, 0) is 11.5 Å². The molecule has 6 nitrogen and oxygen atoms in total. The van der Waals surface area contributed by atoms with Crippen molar-refractivity contribution in [2.45, 2.75) is 0 Å². The zero-order valence-corrected chi connectivity index (χ0v) is 16.9. The summed E-state index contributed by atoms with van der Waals surface area (Å²) >= 11 is 0. The van der Waals surface area contributed by atoms with E-state index in [0.717, 1.165) is 33.2 Å². The van der Waals surface area contributed by atoms with E-state index in [2.05, 4.69) is 25.5 Å². The number of hydrogen-bond acceptors (Lipinski definition) is 6. The summed E-state index contributed by atoms with van der Waals surface area (Å²) in [6, 6.07) is 26.1. The highest BCUT2D eigenvalue weighted by Crippen LogP contribution is 2.30. The molecule has 0 bridgehead atoms. The van der Waals surface area contributed by atoms with E-state index in [-0.39, 0.29) is 6.01 Å². The molecule has 31 heavy (non-hydrogen) atoms. The Labute approximate surface area is 180 Å². The molecule has 0 aliphatic heterocycles. The van der Waals surface area contributed by atoms with Crippen LogP contribution in [0.4, 0.5) is 11.5 Å². The van der Waals surface area contributed by atoms with Crippen LogP contribution >= 0.6 is 0 Å². The van der Waals surface area contributed by atoms with E-state index in [1.807, 2.05) is 86.7 Å². The number of ether oxygens (including phenoxy) is 1. The van der Waals surface area contributed by atoms with E-state index >= 15 is 0 Å². The molecule has 0 saturated heterocycles. The topological polar surface area (TPSA) is 72.8 Å². The maximum Gasteiger partial charge on any atom is 0.321 e. The maximum atomic E-state index is 5.77. The molecular weight excluding hydrogens is 385 g/mol. The molecule has 3 aromatic carbocycles. The number of nitrogens with zero attached hydrogens (tertiary/aromatic N) is 4. The van der Waals surface area contributed by atoms with E-state index in [1.54, 1.807) is 12.4 Å². The number of hydrogen-bond donors (Lipinski definition) is 1. The van der Waals surface area contributed by atoms with Gasteiger partial charge in [0.05, 0.1) is 18.1 Å². The van der Waals surface area contributed by atoms with Gasteiger partial charge in [-0.15, -0.1) is 10.2 Å². The lowest BCUT2D eigenvalue weighted by molar-refractivity contribution is 0.445. The smallest absolute Gasteiger partial charge is 0.321 e. The molecule has 7 heteroatoms. The fourth-order valence-corrected chi connectivity index (χ4v) is 3.34. The fourth-order valence-electron chi connectivity index (χ4n) is 3.34. The lowest BCUT2D eigenvalue weighted by atomic mass is 9.95. The molecule has 0 atom stereocenters. The van der Waals surface area contributed by atoms with Crippen LogP contribution < -0.4 is 15.5 Å². The molecule has 0 fully saturated rings. The predicted molar refractivity (Wildman–Crippen MR) is 125 cm³/mol. The zero-order chi connectivity index (χ0) is 21.0. The van der Waals surface area contributed by atoms with Crippen LogP contribution in [0.2, 0.25) is 0 Å². The normalized spacial score (nSPS) is 10.7. The molecule has 0 amide bonds. The van der Waals surface area contributed by atoms with E-state index in [4.69, 9.17) is 4.74 Å². The van der Waals surface area contributed by atoms with Gasteiger partial charge in [-0.1, -0.05) is 72.8 Å². The second kappa shape index (κ2) is 8.24. The minimum atomic E-state index is 0.287. The third kappa shape index (κ3) is 3.93. The molecule has 148 valence electrons. The number of benzene rings is 3. The first-order chi connectivity index (χ1) is 15.3. The Hall–Kier alpha value is -4.26. The first kappa shape index (κ1) is 18.8. The summed E-state index contributed by atoms with van der Waals surface area (Å²) in [6.07, 6.45) is 3.34. The van der Waals surface area contributed by atoms with Crippen molar-refractivity contribution in [1.82, 2.24) is 20.2 Å². The third-order valence-electron chi connectivity index (χ3n) is 4.92. The van der Waals surface area contributed by atoms with Crippen LogP contribution in [0.5, 0.6) is 11.8 Å². The monoisotopic (exact) mass is 403 g/mol. The van der Waals surface area contributed by atoms with Crippen LogP contribution in [-0.2, 0) is 0 Å². The second-order valence-corrected chi connectivity index (χ2v) is 7.06. The molecule has 2 heterocycles. The number of fused-ring (bicyclic) bond motifs is 1. The van der Waals surface area contributed by atoms with Crippen molar-refractivity contribution >= 4 is 35.6 Å². The van der Waals surface area contributed by atoms with Crippen molar-refractivity contribution in [2.75, 3.05) is 5.32 Å². The Kier molecular flexibility index (Phi) is 4.98. The predicted octanol–water partition coefficient (Wildman–Crippen LogP) is 3.88. The summed E-state index contributed by atoms with van der Waals surface area (Å²) in [4.78, 5) is 8.62. The van der Waals surface area contributed by atoms with E-state index in [1.165, 1.54) is 0 Å². The average molecular weight is 403 g/mol. The summed E-state index contributed by atoms with van der Waals surface area (Å²) in [7, 11) is 1.98. The SMILES string of the molecule is Bc1ccccc1Oc1ncc(Nc2nnc(-c3ccccc3)c3ccccc23)cn1. The molecule has 0 radical (unpaired) electrons. The van der Waals surface area contributed by atoms with Crippen LogP contribution in [0.1, 0.15) is 0 Å². The highest BCUT2D eigenvalue weighted by molar-refractivity contribution is 6.34. The number of rotatable bonds is 5. The molecule has 1 N–H and O–H groups in total. The molecule has 0 spiro atoms. The fraction of sp³-hybridized carbons (Fsp3) is 0. The summed E-state index contributed by atoms with van der Waals surface area (Å²) in [5.41, 5.74) is 3.59. The molecule has 5 aromatic rings. The average Bonchev–Trinajstić information content (AvgIpc) is 2.82. The van der Waals surface area contributed by atoms with Gasteiger partial charge in [0.2, 0.25) is 0 Å². The van der Waals surface area contributed by atoms with Crippen molar-refractivity contribution in [3.63, 3.8) is 0 Å². The van der Waals surface area contributed by atoms with Crippen molar-refractivity contribution in [3.05, 3.63) is 91.3 Å². The van der Waals surface area contributed by atoms with Crippen LogP contribution in [0, 0.1) is 0 Å². The van der Waals surface area contributed by atoms with Gasteiger partial charge in [0, 0.05) is 16.3 Å². The summed E-state index contributed by atoms with van der Waals surface area (Å²) in [5, 5.41) is 14.2. The van der Waals surface area contributed by atoms with E-state index in [9.17, 15) is 0 Å². The van der Waals surface area contributed by atoms with Crippen LogP contribution in [0.3, 0.4) is 0 Å². The van der Waals surface area contributed by atoms with Crippen molar-refractivity contribution in [3.8, 4) is 23.0 Å². The van der Waals surface area contributed by atoms with Gasteiger partial charge in [0.1, 0.15) is 19.3 Å². The van der Waals surface area contributed by atoms with Gasteiger partial charge >= 0.3 is 6.01 Å². The highest BCUT2D eigenvalue weighted by atomic mass is 16.5.